The first-order valence-corrected chi connectivity index (χ1v) is 6.00. The van der Waals surface area contributed by atoms with Gasteiger partial charge >= 0.3 is 0 Å². The molecule has 0 amide bonds. The maximum Gasteiger partial charge on any atom is 0.142 e. The van der Waals surface area contributed by atoms with Crippen LogP contribution in [-0.4, -0.2) is 24.4 Å². The molecule has 0 atom stereocenters. The van der Waals surface area contributed by atoms with Crippen LogP contribution >= 0.6 is 15.9 Å². The van der Waals surface area contributed by atoms with E-state index in [1.54, 1.807) is 7.11 Å². The number of hydrogen-bond acceptors (Lipinski definition) is 3. The Hall–Kier alpha value is -0.740. The molecule has 0 aliphatic carbocycles. The predicted molar refractivity (Wildman–Crippen MR) is 70.1 cm³/mol. The number of ether oxygens (including phenoxy) is 1. The van der Waals surface area contributed by atoms with E-state index in [4.69, 9.17) is 9.84 Å². The van der Waals surface area contributed by atoms with Crippen LogP contribution < -0.4 is 10.1 Å². The van der Waals surface area contributed by atoms with Gasteiger partial charge in [-0.3, -0.25) is 0 Å². The number of rotatable bonds is 5. The van der Waals surface area contributed by atoms with Gasteiger partial charge in [-0.1, -0.05) is 15.9 Å². The van der Waals surface area contributed by atoms with E-state index in [0.717, 1.165) is 15.9 Å². The molecule has 0 unspecified atom stereocenters. The van der Waals surface area contributed by atoms with E-state index in [2.05, 4.69) is 21.2 Å². The topological polar surface area (TPSA) is 41.5 Å². The minimum absolute atomic E-state index is 0.163. The number of benzene rings is 1. The lowest BCUT2D eigenvalue weighted by molar-refractivity contribution is 0.260. The quantitative estimate of drug-likeness (QED) is 0.875. The van der Waals surface area contributed by atoms with Crippen LogP contribution in [0.3, 0.4) is 0 Å². The van der Waals surface area contributed by atoms with Crippen molar-refractivity contribution in [3.05, 3.63) is 22.7 Å². The first-order valence-electron chi connectivity index (χ1n) is 5.21. The van der Waals surface area contributed by atoms with Crippen LogP contribution in [0.2, 0.25) is 0 Å². The van der Waals surface area contributed by atoms with Gasteiger partial charge in [-0.15, -0.1) is 0 Å². The molecule has 0 aliphatic rings. The molecule has 0 fully saturated rings. The van der Waals surface area contributed by atoms with E-state index in [-0.39, 0.29) is 12.1 Å². The Balaban J connectivity index is 2.90. The first-order chi connectivity index (χ1) is 7.48. The standard InChI is InChI=1S/C12H18BrNO2/c1-12(2,6-7-15)14-10-8-9(13)4-5-11(10)16-3/h4-5,8,14-15H,6-7H2,1-3H3. The molecule has 3 nitrogen and oxygen atoms in total. The van der Waals surface area contributed by atoms with Crippen molar-refractivity contribution >= 4 is 21.6 Å². The average Bonchev–Trinajstić information content (AvgIpc) is 2.17. The highest BCUT2D eigenvalue weighted by Gasteiger charge is 2.18. The maximum absolute atomic E-state index is 8.98. The van der Waals surface area contributed by atoms with Crippen LogP contribution in [0.1, 0.15) is 20.3 Å². The summed E-state index contributed by atoms with van der Waals surface area (Å²) in [5, 5.41) is 12.3. The zero-order valence-corrected chi connectivity index (χ0v) is 11.5. The van der Waals surface area contributed by atoms with Crippen LogP contribution in [0.4, 0.5) is 5.69 Å². The van der Waals surface area contributed by atoms with Gasteiger partial charge in [0.1, 0.15) is 5.75 Å². The first kappa shape index (κ1) is 13.3. The Labute approximate surface area is 105 Å². The van der Waals surface area contributed by atoms with Crippen LogP contribution in [0.15, 0.2) is 22.7 Å². The minimum Gasteiger partial charge on any atom is -0.495 e. The summed E-state index contributed by atoms with van der Waals surface area (Å²) in [6.07, 6.45) is 0.683. The molecule has 0 heterocycles. The van der Waals surface area contributed by atoms with Crippen molar-refractivity contribution in [3.8, 4) is 5.75 Å². The normalized spacial score (nSPS) is 11.3. The van der Waals surface area contributed by atoms with E-state index in [1.807, 2.05) is 32.0 Å². The molecule has 1 rings (SSSR count). The van der Waals surface area contributed by atoms with Gasteiger partial charge in [0.25, 0.3) is 0 Å². The monoisotopic (exact) mass is 287 g/mol. The van der Waals surface area contributed by atoms with Crippen molar-refractivity contribution in [2.24, 2.45) is 0 Å². The maximum atomic E-state index is 8.98. The van der Waals surface area contributed by atoms with E-state index in [0.29, 0.717) is 6.42 Å². The number of methoxy groups -OCH3 is 1. The lowest BCUT2D eigenvalue weighted by Gasteiger charge is -2.27. The van der Waals surface area contributed by atoms with Gasteiger partial charge < -0.3 is 15.2 Å². The van der Waals surface area contributed by atoms with Crippen molar-refractivity contribution in [3.63, 3.8) is 0 Å². The largest absolute Gasteiger partial charge is 0.495 e. The Morgan fingerprint density at radius 2 is 2.12 bits per heavy atom. The second-order valence-corrected chi connectivity index (χ2v) is 5.24. The number of aliphatic hydroxyl groups is 1. The van der Waals surface area contributed by atoms with Gasteiger partial charge in [-0.05, 0) is 38.5 Å². The molecule has 4 heteroatoms. The fourth-order valence-electron chi connectivity index (χ4n) is 1.48. The smallest absolute Gasteiger partial charge is 0.142 e. The molecule has 90 valence electrons. The second kappa shape index (κ2) is 5.55. The molecule has 2 N–H and O–H groups in total. The fourth-order valence-corrected chi connectivity index (χ4v) is 1.85. The van der Waals surface area contributed by atoms with Crippen LogP contribution in [0, 0.1) is 0 Å². The molecular weight excluding hydrogens is 270 g/mol. The van der Waals surface area contributed by atoms with Gasteiger partial charge in [0.05, 0.1) is 12.8 Å². The zero-order chi connectivity index (χ0) is 12.2. The third-order valence-corrected chi connectivity index (χ3v) is 2.86. The summed E-state index contributed by atoms with van der Waals surface area (Å²) in [5.74, 6) is 0.800. The molecule has 0 aromatic heterocycles. The Kier molecular flexibility index (Phi) is 4.62. The molecule has 0 radical (unpaired) electrons. The summed E-state index contributed by atoms with van der Waals surface area (Å²) in [6.45, 7) is 4.25. The summed E-state index contributed by atoms with van der Waals surface area (Å²) < 4.78 is 6.27. The molecule has 0 spiro atoms. The molecule has 0 saturated heterocycles. The van der Waals surface area contributed by atoms with Crippen LogP contribution in [0.5, 0.6) is 5.75 Å². The minimum atomic E-state index is -0.164. The molecule has 0 aliphatic heterocycles. The Morgan fingerprint density at radius 3 is 2.69 bits per heavy atom. The second-order valence-electron chi connectivity index (χ2n) is 4.33. The lowest BCUT2D eigenvalue weighted by Crippen LogP contribution is -2.32. The van der Waals surface area contributed by atoms with Crippen molar-refractivity contribution in [1.29, 1.82) is 0 Å². The summed E-state index contributed by atoms with van der Waals surface area (Å²) >= 11 is 3.43. The Morgan fingerprint density at radius 1 is 1.44 bits per heavy atom. The van der Waals surface area contributed by atoms with Gasteiger partial charge in [0.2, 0.25) is 0 Å². The van der Waals surface area contributed by atoms with Crippen molar-refractivity contribution in [1.82, 2.24) is 0 Å². The van der Waals surface area contributed by atoms with Crippen molar-refractivity contribution in [2.75, 3.05) is 19.0 Å². The summed E-state index contributed by atoms with van der Waals surface area (Å²) in [6, 6.07) is 5.81. The predicted octanol–water partition coefficient (Wildman–Crippen LogP) is 3.03. The van der Waals surface area contributed by atoms with E-state index < -0.39 is 0 Å². The molecule has 1 aromatic carbocycles. The number of halogens is 1. The summed E-state index contributed by atoms with van der Waals surface area (Å²) in [4.78, 5) is 0. The van der Waals surface area contributed by atoms with Gasteiger partial charge in [0.15, 0.2) is 0 Å². The van der Waals surface area contributed by atoms with Crippen molar-refractivity contribution in [2.45, 2.75) is 25.8 Å². The number of aliphatic hydroxyl groups excluding tert-OH is 1. The third kappa shape index (κ3) is 3.68. The molecule has 0 saturated carbocycles. The molecule has 16 heavy (non-hydrogen) atoms. The zero-order valence-electron chi connectivity index (χ0n) is 9.88. The Bertz CT molecular complexity index is 353. The van der Waals surface area contributed by atoms with E-state index in [9.17, 15) is 0 Å². The van der Waals surface area contributed by atoms with Crippen LogP contribution in [0.25, 0.3) is 0 Å². The van der Waals surface area contributed by atoms with E-state index >= 15 is 0 Å². The summed E-state index contributed by atoms with van der Waals surface area (Å²) in [5.41, 5.74) is 0.762. The number of hydrogen-bond donors (Lipinski definition) is 2. The fraction of sp³-hybridized carbons (Fsp3) is 0.500. The molecule has 1 aromatic rings. The van der Waals surface area contributed by atoms with E-state index in [1.165, 1.54) is 0 Å². The highest BCUT2D eigenvalue weighted by atomic mass is 79.9. The third-order valence-electron chi connectivity index (χ3n) is 2.37. The molecule has 0 bridgehead atoms. The number of nitrogens with one attached hydrogen (secondary N) is 1. The van der Waals surface area contributed by atoms with Crippen molar-refractivity contribution < 1.29 is 9.84 Å². The average molecular weight is 288 g/mol. The van der Waals surface area contributed by atoms with Gasteiger partial charge in [0, 0.05) is 16.6 Å². The molecular formula is C12H18BrNO2. The summed E-state index contributed by atoms with van der Waals surface area (Å²) in [7, 11) is 1.65. The number of anilines is 1. The highest BCUT2D eigenvalue weighted by molar-refractivity contribution is 9.10. The van der Waals surface area contributed by atoms with Gasteiger partial charge in [-0.2, -0.15) is 0 Å². The van der Waals surface area contributed by atoms with Gasteiger partial charge in [-0.25, -0.2) is 0 Å². The van der Waals surface area contributed by atoms with Crippen LogP contribution in [-0.2, 0) is 0 Å². The highest BCUT2D eigenvalue weighted by Crippen LogP contribution is 2.30. The lowest BCUT2D eigenvalue weighted by atomic mass is 10.0. The SMILES string of the molecule is COc1ccc(Br)cc1NC(C)(C)CCO.